The molecule has 2 fully saturated rings. The van der Waals surface area contributed by atoms with E-state index >= 15 is 0 Å². The Morgan fingerprint density at radius 1 is 1.15 bits per heavy atom. The van der Waals surface area contributed by atoms with Crippen molar-refractivity contribution in [2.45, 2.75) is 50.9 Å². The van der Waals surface area contributed by atoms with Crippen molar-refractivity contribution in [3.05, 3.63) is 35.5 Å². The number of hydrogen-bond acceptors (Lipinski definition) is 7. The van der Waals surface area contributed by atoms with Crippen molar-refractivity contribution >= 4 is 0 Å². The molecule has 0 unspecified atom stereocenters. The van der Waals surface area contributed by atoms with E-state index in [1.807, 2.05) is 13.0 Å². The summed E-state index contributed by atoms with van der Waals surface area (Å²) in [6.45, 7) is 5.16. The molecule has 0 aliphatic carbocycles. The minimum Gasteiger partial charge on any atom is -0.454 e. The number of rotatable bonds is 3. The zero-order valence-electron chi connectivity index (χ0n) is 14.9. The van der Waals surface area contributed by atoms with Gasteiger partial charge in [-0.3, -0.25) is 4.90 Å². The van der Waals surface area contributed by atoms with Crippen LogP contribution in [0.1, 0.15) is 49.1 Å². The van der Waals surface area contributed by atoms with Crippen LogP contribution in [0.25, 0.3) is 0 Å². The summed E-state index contributed by atoms with van der Waals surface area (Å²) in [6.07, 6.45) is 4.07. The number of aryl methyl sites for hydroxylation is 1. The summed E-state index contributed by atoms with van der Waals surface area (Å²) < 4.78 is 22.6. The number of hydrogen-bond donors (Lipinski definition) is 0. The van der Waals surface area contributed by atoms with E-state index in [1.54, 1.807) is 0 Å². The Bertz CT molecular complexity index is 798. The Morgan fingerprint density at radius 2 is 2.00 bits per heavy atom. The number of nitrogens with zero attached hydrogens (tertiary/aromatic N) is 3. The van der Waals surface area contributed by atoms with Gasteiger partial charge in [0.05, 0.1) is 5.60 Å². The van der Waals surface area contributed by atoms with E-state index in [0.717, 1.165) is 56.8 Å². The maximum absolute atomic E-state index is 6.39. The standard InChI is InChI=1S/C19H23N3O4/c1-13-20-18(26-21-13)16-4-5-19(25-16)6-8-22(9-7-19)11-14-2-3-15-17(10-14)24-12-23-15/h2-3,10,16H,4-9,11-12H2,1H3/t16-/m1/s1. The first-order valence-electron chi connectivity index (χ1n) is 9.28. The van der Waals surface area contributed by atoms with Crippen molar-refractivity contribution in [3.8, 4) is 11.5 Å². The fraction of sp³-hybridized carbons (Fsp3) is 0.579. The van der Waals surface area contributed by atoms with Gasteiger partial charge in [0.15, 0.2) is 17.3 Å². The SMILES string of the molecule is Cc1noc([C@H]2CCC3(CCN(Cc4ccc5c(c4)OCO5)CC3)O2)n1. The molecule has 1 atom stereocenters. The Hall–Kier alpha value is -2.12. The first-order chi connectivity index (χ1) is 12.7. The van der Waals surface area contributed by atoms with Gasteiger partial charge in [-0.2, -0.15) is 4.98 Å². The van der Waals surface area contributed by atoms with Crippen LogP contribution in [-0.4, -0.2) is 40.5 Å². The highest BCUT2D eigenvalue weighted by molar-refractivity contribution is 5.44. The molecule has 3 aliphatic rings. The molecule has 4 heterocycles. The van der Waals surface area contributed by atoms with Crippen molar-refractivity contribution in [1.82, 2.24) is 15.0 Å². The van der Waals surface area contributed by atoms with Gasteiger partial charge in [0, 0.05) is 19.6 Å². The van der Waals surface area contributed by atoms with Gasteiger partial charge in [0.1, 0.15) is 6.10 Å². The first kappa shape index (κ1) is 16.1. The van der Waals surface area contributed by atoms with Gasteiger partial charge in [-0.15, -0.1) is 0 Å². The lowest BCUT2D eigenvalue weighted by molar-refractivity contribution is -0.0869. The topological polar surface area (TPSA) is 69.9 Å². The van der Waals surface area contributed by atoms with Crippen LogP contribution in [0.15, 0.2) is 22.7 Å². The molecule has 0 N–H and O–H groups in total. The molecule has 1 spiro atoms. The van der Waals surface area contributed by atoms with E-state index in [1.165, 1.54) is 5.56 Å². The predicted molar refractivity (Wildman–Crippen MR) is 91.9 cm³/mol. The molecule has 26 heavy (non-hydrogen) atoms. The number of benzene rings is 1. The molecule has 1 aromatic heterocycles. The van der Waals surface area contributed by atoms with Crippen LogP contribution in [0.3, 0.4) is 0 Å². The zero-order valence-corrected chi connectivity index (χ0v) is 14.9. The molecule has 2 aromatic rings. The number of piperidine rings is 1. The van der Waals surface area contributed by atoms with Gasteiger partial charge < -0.3 is 18.7 Å². The maximum Gasteiger partial charge on any atom is 0.255 e. The predicted octanol–water partition coefficient (Wildman–Crippen LogP) is 2.99. The molecular weight excluding hydrogens is 334 g/mol. The number of ether oxygens (including phenoxy) is 3. The highest BCUT2D eigenvalue weighted by atomic mass is 16.7. The molecule has 3 aliphatic heterocycles. The molecule has 0 amide bonds. The summed E-state index contributed by atoms with van der Waals surface area (Å²) in [5, 5.41) is 3.88. The summed E-state index contributed by atoms with van der Waals surface area (Å²) in [6, 6.07) is 6.21. The van der Waals surface area contributed by atoms with Gasteiger partial charge >= 0.3 is 0 Å². The zero-order chi connectivity index (χ0) is 17.6. The summed E-state index contributed by atoms with van der Waals surface area (Å²) in [7, 11) is 0. The van der Waals surface area contributed by atoms with Gasteiger partial charge in [-0.25, -0.2) is 0 Å². The third-order valence-electron chi connectivity index (χ3n) is 5.68. The van der Waals surface area contributed by atoms with E-state index in [9.17, 15) is 0 Å². The van der Waals surface area contributed by atoms with Crippen LogP contribution in [0.5, 0.6) is 11.5 Å². The van der Waals surface area contributed by atoms with Crippen LogP contribution in [0.4, 0.5) is 0 Å². The minimum atomic E-state index is -0.0448. The van der Waals surface area contributed by atoms with Crippen molar-refractivity contribution in [2.75, 3.05) is 19.9 Å². The van der Waals surface area contributed by atoms with Gasteiger partial charge in [0.2, 0.25) is 6.79 Å². The maximum atomic E-state index is 6.39. The monoisotopic (exact) mass is 357 g/mol. The van der Waals surface area contributed by atoms with Crippen LogP contribution >= 0.6 is 0 Å². The first-order valence-corrected chi connectivity index (χ1v) is 9.28. The molecular formula is C19H23N3O4. The van der Waals surface area contributed by atoms with Crippen molar-refractivity contribution in [2.24, 2.45) is 0 Å². The molecule has 138 valence electrons. The highest BCUT2D eigenvalue weighted by Gasteiger charge is 2.44. The third kappa shape index (κ3) is 2.95. The summed E-state index contributed by atoms with van der Waals surface area (Å²) in [5.41, 5.74) is 1.23. The van der Waals surface area contributed by atoms with Gasteiger partial charge in [-0.05, 0) is 50.3 Å². The van der Waals surface area contributed by atoms with E-state index in [0.29, 0.717) is 18.5 Å². The highest BCUT2D eigenvalue weighted by Crippen LogP contribution is 2.44. The summed E-state index contributed by atoms with van der Waals surface area (Å²) in [5.74, 6) is 2.99. The Labute approximate surface area is 152 Å². The second-order valence-corrected chi connectivity index (χ2v) is 7.47. The largest absolute Gasteiger partial charge is 0.454 e. The molecule has 1 aromatic carbocycles. The number of aromatic nitrogens is 2. The van der Waals surface area contributed by atoms with Crippen LogP contribution in [0.2, 0.25) is 0 Å². The lowest BCUT2D eigenvalue weighted by Crippen LogP contribution is -2.43. The molecule has 0 bridgehead atoms. The quantitative estimate of drug-likeness (QED) is 0.836. The van der Waals surface area contributed by atoms with Crippen LogP contribution < -0.4 is 9.47 Å². The molecule has 7 nitrogen and oxygen atoms in total. The summed E-state index contributed by atoms with van der Waals surface area (Å²) >= 11 is 0. The Morgan fingerprint density at radius 3 is 2.81 bits per heavy atom. The fourth-order valence-corrected chi connectivity index (χ4v) is 4.22. The fourth-order valence-electron chi connectivity index (χ4n) is 4.22. The van der Waals surface area contributed by atoms with E-state index < -0.39 is 0 Å². The molecule has 0 radical (unpaired) electrons. The van der Waals surface area contributed by atoms with E-state index in [2.05, 4.69) is 27.2 Å². The average Bonchev–Trinajstić information content (AvgIpc) is 3.37. The van der Waals surface area contributed by atoms with Crippen molar-refractivity contribution < 1.29 is 18.7 Å². The van der Waals surface area contributed by atoms with Gasteiger partial charge in [-0.1, -0.05) is 11.2 Å². The third-order valence-corrected chi connectivity index (χ3v) is 5.68. The van der Waals surface area contributed by atoms with Crippen molar-refractivity contribution in [1.29, 1.82) is 0 Å². The average molecular weight is 357 g/mol. The molecule has 5 rings (SSSR count). The van der Waals surface area contributed by atoms with Gasteiger partial charge in [0.25, 0.3) is 5.89 Å². The Kier molecular flexibility index (Phi) is 3.86. The lowest BCUT2D eigenvalue weighted by atomic mass is 9.88. The molecule has 2 saturated heterocycles. The smallest absolute Gasteiger partial charge is 0.255 e. The van der Waals surface area contributed by atoms with E-state index in [-0.39, 0.29) is 11.7 Å². The molecule has 7 heteroatoms. The normalized spacial score (nSPS) is 24.4. The van der Waals surface area contributed by atoms with Crippen LogP contribution in [-0.2, 0) is 11.3 Å². The van der Waals surface area contributed by atoms with E-state index in [4.69, 9.17) is 18.7 Å². The van der Waals surface area contributed by atoms with Crippen molar-refractivity contribution in [3.63, 3.8) is 0 Å². The lowest BCUT2D eigenvalue weighted by Gasteiger charge is -2.39. The number of fused-ring (bicyclic) bond motifs is 1. The molecule has 0 saturated carbocycles. The second-order valence-electron chi connectivity index (χ2n) is 7.47. The second kappa shape index (κ2) is 6.25. The summed E-state index contributed by atoms with van der Waals surface area (Å²) in [4.78, 5) is 6.82. The van der Waals surface area contributed by atoms with Crippen LogP contribution in [0, 0.1) is 6.92 Å². The number of likely N-dealkylation sites (tertiary alicyclic amines) is 1. The Balaban J connectivity index is 1.19. The minimum absolute atomic E-state index is 0.0293.